The molecule has 2 heterocycles. The molecule has 25 heavy (non-hydrogen) atoms. The molecule has 1 aliphatic heterocycles. The van der Waals surface area contributed by atoms with E-state index in [0.717, 1.165) is 13.0 Å². The van der Waals surface area contributed by atoms with E-state index < -0.39 is 0 Å². The fraction of sp³-hybridized carbons (Fsp3) is 0.800. The van der Waals surface area contributed by atoms with E-state index in [1.807, 2.05) is 11.3 Å². The Morgan fingerprint density at radius 1 is 1.20 bits per heavy atom. The molecule has 1 N–H and O–H groups in total. The second-order valence-corrected chi connectivity index (χ2v) is 8.60. The van der Waals surface area contributed by atoms with Crippen LogP contribution in [0.15, 0.2) is 12.1 Å². The summed E-state index contributed by atoms with van der Waals surface area (Å²) >= 11 is 1.91. The lowest BCUT2D eigenvalue weighted by atomic mass is 9.70. The lowest BCUT2D eigenvalue weighted by Crippen LogP contribution is -2.55. The van der Waals surface area contributed by atoms with Crippen LogP contribution in [0.3, 0.4) is 0 Å². The Morgan fingerprint density at radius 2 is 2.04 bits per heavy atom. The highest BCUT2D eigenvalue weighted by atomic mass is 32.1. The van der Waals surface area contributed by atoms with E-state index >= 15 is 0 Å². The number of piperidine rings is 1. The van der Waals surface area contributed by atoms with Crippen molar-refractivity contribution in [3.05, 3.63) is 21.9 Å². The van der Waals surface area contributed by atoms with E-state index in [9.17, 15) is 5.11 Å². The summed E-state index contributed by atoms with van der Waals surface area (Å²) in [5.41, 5.74) is 0.116. The van der Waals surface area contributed by atoms with Gasteiger partial charge < -0.3 is 14.6 Å². The maximum Gasteiger partial charge on any atom is 0.146 e. The first-order valence-electron chi connectivity index (χ1n) is 9.83. The monoisotopic (exact) mass is 367 g/mol. The van der Waals surface area contributed by atoms with Crippen LogP contribution in [0.1, 0.15) is 54.7 Å². The van der Waals surface area contributed by atoms with E-state index in [2.05, 4.69) is 17.0 Å². The summed E-state index contributed by atoms with van der Waals surface area (Å²) in [6.45, 7) is 3.80. The molecule has 142 valence electrons. The molecule has 1 aromatic rings. The predicted molar refractivity (Wildman–Crippen MR) is 102 cm³/mol. The minimum atomic E-state index is 0.116. The highest BCUT2D eigenvalue weighted by Crippen LogP contribution is 2.49. The molecule has 5 heteroatoms. The molecule has 1 aromatic heterocycles. The molecular weight excluding hydrogens is 334 g/mol. The summed E-state index contributed by atoms with van der Waals surface area (Å²) in [7, 11) is 1.69. The minimum absolute atomic E-state index is 0.116. The first-order chi connectivity index (χ1) is 12.3. The summed E-state index contributed by atoms with van der Waals surface area (Å²) in [4.78, 5) is 5.56. The number of methoxy groups -OCH3 is 1. The van der Waals surface area contributed by atoms with Gasteiger partial charge in [-0.15, -0.1) is 11.3 Å². The standard InChI is InChI=1S/C20H33NO3S/c1-23-16-24-15-17-7-3-4-11-20(17,21-12-5-2-6-13-21)19-9-8-18(25-19)10-14-22/h8-9,17,22H,2-7,10-16H2,1H3/t17-,20-/m0/s1. The third-order valence-electron chi connectivity index (χ3n) is 5.92. The molecule has 1 aliphatic carbocycles. The molecule has 2 fully saturated rings. The molecule has 0 bridgehead atoms. The third-order valence-corrected chi connectivity index (χ3v) is 7.23. The molecule has 1 saturated carbocycles. The van der Waals surface area contributed by atoms with Crippen molar-refractivity contribution >= 4 is 11.3 Å². The van der Waals surface area contributed by atoms with Crippen LogP contribution in [0.25, 0.3) is 0 Å². The minimum Gasteiger partial charge on any atom is -0.396 e. The largest absolute Gasteiger partial charge is 0.396 e. The Kier molecular flexibility index (Phi) is 7.31. The number of thiophene rings is 1. The fourth-order valence-corrected chi connectivity index (χ4v) is 6.09. The van der Waals surface area contributed by atoms with Crippen molar-refractivity contribution in [1.82, 2.24) is 4.90 Å². The average molecular weight is 368 g/mol. The fourth-order valence-electron chi connectivity index (χ4n) is 4.77. The quantitative estimate of drug-likeness (QED) is 0.561. The third kappa shape index (κ3) is 4.28. The maximum absolute atomic E-state index is 9.31. The van der Waals surface area contributed by atoms with Crippen LogP contribution < -0.4 is 0 Å². The Balaban J connectivity index is 1.90. The van der Waals surface area contributed by atoms with Gasteiger partial charge in [-0.25, -0.2) is 0 Å². The number of likely N-dealkylation sites (tertiary alicyclic amines) is 1. The van der Waals surface area contributed by atoms with Gasteiger partial charge in [0.15, 0.2) is 0 Å². The normalized spacial score (nSPS) is 28.3. The second-order valence-electron chi connectivity index (χ2n) is 7.43. The van der Waals surface area contributed by atoms with Gasteiger partial charge in [-0.1, -0.05) is 19.3 Å². The van der Waals surface area contributed by atoms with Crippen molar-refractivity contribution in [1.29, 1.82) is 0 Å². The lowest BCUT2D eigenvalue weighted by Gasteiger charge is -2.52. The number of hydrogen-bond acceptors (Lipinski definition) is 5. The van der Waals surface area contributed by atoms with Crippen LogP contribution in [0, 0.1) is 5.92 Å². The van der Waals surface area contributed by atoms with E-state index in [1.165, 1.54) is 67.8 Å². The topological polar surface area (TPSA) is 41.9 Å². The summed E-state index contributed by atoms with van der Waals surface area (Å²) < 4.78 is 11.0. The zero-order valence-corrected chi connectivity index (χ0v) is 16.4. The van der Waals surface area contributed by atoms with E-state index in [1.54, 1.807) is 7.11 Å². The Labute approximate surface area is 156 Å². The van der Waals surface area contributed by atoms with Crippen LogP contribution in [0.5, 0.6) is 0 Å². The summed E-state index contributed by atoms with van der Waals surface area (Å²) in [6.07, 6.45) is 9.80. The Hall–Kier alpha value is -0.460. The molecule has 0 amide bonds. The molecule has 0 aromatic carbocycles. The lowest BCUT2D eigenvalue weighted by molar-refractivity contribution is -0.0916. The summed E-state index contributed by atoms with van der Waals surface area (Å²) in [6, 6.07) is 4.56. The number of rotatable bonds is 8. The summed E-state index contributed by atoms with van der Waals surface area (Å²) in [5, 5.41) is 9.31. The number of nitrogens with zero attached hydrogens (tertiary/aromatic N) is 1. The zero-order valence-electron chi connectivity index (χ0n) is 15.5. The molecule has 3 rings (SSSR count). The molecule has 4 nitrogen and oxygen atoms in total. The highest BCUT2D eigenvalue weighted by molar-refractivity contribution is 7.12. The van der Waals surface area contributed by atoms with Gasteiger partial charge in [0.1, 0.15) is 6.79 Å². The van der Waals surface area contributed by atoms with Crippen molar-refractivity contribution in [2.24, 2.45) is 5.92 Å². The van der Waals surface area contributed by atoms with Crippen molar-refractivity contribution in [2.75, 3.05) is 40.2 Å². The molecule has 2 atom stereocenters. The predicted octanol–water partition coefficient (Wildman–Crippen LogP) is 3.77. The zero-order chi connectivity index (χ0) is 17.5. The van der Waals surface area contributed by atoms with Crippen molar-refractivity contribution in [3.63, 3.8) is 0 Å². The van der Waals surface area contributed by atoms with Crippen LogP contribution in [-0.4, -0.2) is 50.2 Å². The van der Waals surface area contributed by atoms with Gasteiger partial charge in [0, 0.05) is 35.8 Å². The van der Waals surface area contributed by atoms with Gasteiger partial charge in [-0.3, -0.25) is 4.90 Å². The van der Waals surface area contributed by atoms with Gasteiger partial charge in [0.2, 0.25) is 0 Å². The van der Waals surface area contributed by atoms with Gasteiger partial charge in [-0.05, 0) is 50.9 Å². The molecular formula is C20H33NO3S. The molecule has 2 aliphatic rings. The van der Waals surface area contributed by atoms with Gasteiger partial charge in [0.25, 0.3) is 0 Å². The van der Waals surface area contributed by atoms with Crippen molar-refractivity contribution in [2.45, 2.75) is 56.9 Å². The first kappa shape index (κ1) is 19.3. The van der Waals surface area contributed by atoms with Crippen molar-refractivity contribution in [3.8, 4) is 0 Å². The van der Waals surface area contributed by atoms with E-state index in [-0.39, 0.29) is 12.1 Å². The van der Waals surface area contributed by atoms with Gasteiger partial charge >= 0.3 is 0 Å². The Morgan fingerprint density at radius 3 is 2.80 bits per heavy atom. The van der Waals surface area contributed by atoms with Gasteiger partial charge in [-0.2, -0.15) is 0 Å². The number of ether oxygens (including phenoxy) is 2. The molecule has 1 saturated heterocycles. The summed E-state index contributed by atoms with van der Waals surface area (Å²) in [5.74, 6) is 0.523. The van der Waals surface area contributed by atoms with Gasteiger partial charge in [0.05, 0.1) is 12.1 Å². The van der Waals surface area contributed by atoms with Crippen LogP contribution in [-0.2, 0) is 21.4 Å². The second kappa shape index (κ2) is 9.47. The average Bonchev–Trinajstić information content (AvgIpc) is 3.12. The number of aliphatic hydroxyl groups excluding tert-OH is 1. The number of aliphatic hydroxyl groups is 1. The van der Waals surface area contributed by atoms with Crippen LogP contribution >= 0.6 is 11.3 Å². The van der Waals surface area contributed by atoms with E-state index in [4.69, 9.17) is 9.47 Å². The van der Waals surface area contributed by atoms with Crippen LogP contribution in [0.2, 0.25) is 0 Å². The highest BCUT2D eigenvalue weighted by Gasteiger charge is 2.47. The SMILES string of the molecule is COCOC[C@@H]1CCCC[C@]1(c1ccc(CCO)s1)N1CCCCC1. The van der Waals surface area contributed by atoms with Crippen molar-refractivity contribution < 1.29 is 14.6 Å². The first-order valence-corrected chi connectivity index (χ1v) is 10.6. The Bertz CT molecular complexity index is 515. The molecule has 0 radical (unpaired) electrons. The maximum atomic E-state index is 9.31. The van der Waals surface area contributed by atoms with Crippen LogP contribution in [0.4, 0.5) is 0 Å². The van der Waals surface area contributed by atoms with E-state index in [0.29, 0.717) is 12.7 Å². The number of hydrogen-bond donors (Lipinski definition) is 1. The smallest absolute Gasteiger partial charge is 0.146 e. The molecule has 0 spiro atoms. The molecule has 0 unspecified atom stereocenters.